The number of likely N-dealkylation sites (N-methyl/N-ethyl adjacent to an activating group) is 2. The van der Waals surface area contributed by atoms with Gasteiger partial charge in [0, 0.05) is 72.9 Å². The van der Waals surface area contributed by atoms with E-state index < -0.39 is 78.1 Å². The fraction of sp³-hybridized carbons (Fsp3) is 0.650. The number of carbonyl (C=O) groups is 9. The van der Waals surface area contributed by atoms with Gasteiger partial charge >= 0.3 is 12.1 Å². The topological polar surface area (TPSA) is 261 Å². The number of nitrogens with zero attached hydrogens (tertiary/aromatic N) is 3. The Bertz CT molecular complexity index is 2280. The molecule has 3 rings (SSSR count). The van der Waals surface area contributed by atoms with E-state index in [-0.39, 0.29) is 98.6 Å². The fourth-order valence-electron chi connectivity index (χ4n) is 10.8. The molecule has 0 aliphatic carbocycles. The van der Waals surface area contributed by atoms with Gasteiger partial charge in [0.05, 0.1) is 48.7 Å². The number of Topliss-reactive ketones (excluding diaryl/α,β-unsaturated/α-hetero) is 2. The maximum absolute atomic E-state index is 14.8. The van der Waals surface area contributed by atoms with E-state index in [1.54, 1.807) is 67.2 Å². The minimum Gasteiger partial charge on any atom is -0.480 e. The molecule has 1 heterocycles. The van der Waals surface area contributed by atoms with Crippen LogP contribution >= 0.6 is 0 Å². The molecule has 1 aliphatic rings. The molecule has 5 N–H and O–H groups in total. The predicted molar refractivity (Wildman–Crippen MR) is 300 cm³/mol. The van der Waals surface area contributed by atoms with Crippen LogP contribution in [0.4, 0.5) is 4.79 Å². The Kier molecular flexibility index (Phi) is 28.9. The molecule has 10 atom stereocenters. The van der Waals surface area contributed by atoms with Gasteiger partial charge in [-0.1, -0.05) is 128 Å². The van der Waals surface area contributed by atoms with Crippen LogP contribution in [0.2, 0.25) is 0 Å². The third-order valence-corrected chi connectivity index (χ3v) is 15.6. The standard InChI is InChI=1S/C60H92N6O13/c1-12-40(6)55(50(77-10)36-53(71)66-33-23-28-47(66)56(78-11)41(7)57(72)62-46(59(74)75)34-42-24-17-15-18-25-42)65(9)58(73)44(38(2)3)35-49(68)54(39(4)5)64(8)52(70)30-22-14-13-21-29-48(67)45(31-32-51(61)69)63-60(76)79-37-43-26-19-16-20-27-43/h15-20,24-27,38-41,44-47,50,54-56H,12-14,21-23,28-37H2,1-11H3,(H2,61,69)(H,62,72)(H,63,76)(H,74,75)/t40-,41+,44-,45?,46-,47-,50+,54-,55-,56+/m0/s1. The van der Waals surface area contributed by atoms with Gasteiger partial charge in [0.1, 0.15) is 12.6 Å². The van der Waals surface area contributed by atoms with Crippen LogP contribution in [0.15, 0.2) is 60.7 Å². The highest BCUT2D eigenvalue weighted by Gasteiger charge is 2.44. The maximum Gasteiger partial charge on any atom is 0.408 e. The summed E-state index contributed by atoms with van der Waals surface area (Å²) in [6.45, 7) is 13.6. The number of carbonyl (C=O) groups excluding carboxylic acids is 8. The number of ether oxygens (including phenoxy) is 3. The number of alkyl carbamates (subject to hydrolysis) is 1. The Labute approximate surface area is 468 Å². The average Bonchev–Trinajstić information content (AvgIpc) is 3.93. The number of amides is 6. The molecule has 0 aromatic heterocycles. The minimum absolute atomic E-state index is 0.0175. The molecule has 0 bridgehead atoms. The quantitative estimate of drug-likeness (QED) is 0.0507. The summed E-state index contributed by atoms with van der Waals surface area (Å²) in [5.41, 5.74) is 6.87. The van der Waals surface area contributed by atoms with Crippen molar-refractivity contribution in [2.45, 2.75) is 187 Å². The van der Waals surface area contributed by atoms with Gasteiger partial charge in [0.2, 0.25) is 29.5 Å². The fourth-order valence-corrected chi connectivity index (χ4v) is 10.8. The number of methoxy groups -OCH3 is 2. The van der Waals surface area contributed by atoms with Gasteiger partial charge in [0.25, 0.3) is 0 Å². The summed E-state index contributed by atoms with van der Waals surface area (Å²) in [5.74, 6) is -5.70. The van der Waals surface area contributed by atoms with Crippen LogP contribution in [0.1, 0.15) is 143 Å². The number of carboxylic acid groups (broad SMARTS) is 1. The Balaban J connectivity index is 1.63. The van der Waals surface area contributed by atoms with Crippen molar-refractivity contribution in [2.24, 2.45) is 35.3 Å². The van der Waals surface area contributed by atoms with Crippen molar-refractivity contribution < 1.29 is 62.5 Å². The van der Waals surface area contributed by atoms with Gasteiger partial charge in [0.15, 0.2) is 11.6 Å². The number of benzene rings is 2. The number of nitrogens with two attached hydrogens (primary N) is 1. The smallest absolute Gasteiger partial charge is 0.408 e. The number of carboxylic acids is 1. The molecular weight excluding hydrogens is 1010 g/mol. The number of hydrogen-bond donors (Lipinski definition) is 4. The largest absolute Gasteiger partial charge is 0.480 e. The van der Waals surface area contributed by atoms with Gasteiger partial charge in [-0.3, -0.25) is 33.6 Å². The van der Waals surface area contributed by atoms with Gasteiger partial charge < -0.3 is 50.4 Å². The number of likely N-dealkylation sites (tertiary alicyclic amines) is 1. The van der Waals surface area contributed by atoms with Crippen molar-refractivity contribution in [3.05, 3.63) is 71.8 Å². The Morgan fingerprint density at radius 2 is 1.34 bits per heavy atom. The molecular formula is C60H92N6O13. The lowest BCUT2D eigenvalue weighted by Crippen LogP contribution is -2.55. The van der Waals surface area contributed by atoms with Gasteiger partial charge in [-0.05, 0) is 61.0 Å². The summed E-state index contributed by atoms with van der Waals surface area (Å²) in [6, 6.07) is 14.1. The van der Waals surface area contributed by atoms with Crippen molar-refractivity contribution >= 4 is 53.2 Å². The highest BCUT2D eigenvalue weighted by molar-refractivity contribution is 5.93. The first-order valence-electron chi connectivity index (χ1n) is 28.2. The molecule has 2 aromatic carbocycles. The van der Waals surface area contributed by atoms with E-state index in [9.17, 15) is 48.3 Å². The summed E-state index contributed by atoms with van der Waals surface area (Å²) < 4.78 is 17.3. The van der Waals surface area contributed by atoms with Crippen molar-refractivity contribution in [1.82, 2.24) is 25.3 Å². The van der Waals surface area contributed by atoms with Crippen LogP contribution in [0.25, 0.3) is 0 Å². The number of hydrogen-bond acceptors (Lipinski definition) is 12. The minimum atomic E-state index is -1.17. The Morgan fingerprint density at radius 3 is 1.89 bits per heavy atom. The van der Waals surface area contributed by atoms with E-state index in [1.807, 2.05) is 65.8 Å². The second-order valence-corrected chi connectivity index (χ2v) is 22.0. The van der Waals surface area contributed by atoms with Gasteiger partial charge in [-0.2, -0.15) is 0 Å². The second kappa shape index (κ2) is 34.0. The van der Waals surface area contributed by atoms with E-state index >= 15 is 0 Å². The molecule has 0 radical (unpaired) electrons. The van der Waals surface area contributed by atoms with Crippen LogP contribution in [0.3, 0.4) is 0 Å². The summed E-state index contributed by atoms with van der Waals surface area (Å²) in [7, 11) is 6.29. The number of nitrogens with one attached hydrogen (secondary N) is 2. The van der Waals surface area contributed by atoms with Crippen LogP contribution in [-0.2, 0) is 65.6 Å². The Hall–Kier alpha value is -6.21. The molecule has 6 amide bonds. The normalized spacial score (nSPS) is 16.8. The zero-order chi connectivity index (χ0) is 58.9. The second-order valence-electron chi connectivity index (χ2n) is 22.0. The SMILES string of the molecule is CC[C@H](C)[C@@H]([C@@H](CC(=O)N1CCC[C@H]1[C@H](OC)[C@@H](C)C(=O)N[C@@H](Cc1ccccc1)C(=O)O)OC)N(C)C(=O)[C@@H](CC(=O)[C@H](C(C)C)N(C)C(=O)CCCCCCC(=O)C(CCC(N)=O)NC(=O)OCc1ccccc1)C(C)C. The summed E-state index contributed by atoms with van der Waals surface area (Å²) in [5, 5.41) is 15.2. The number of ketones is 2. The first-order chi connectivity index (χ1) is 37.5. The van der Waals surface area contributed by atoms with Crippen LogP contribution in [-0.4, -0.2) is 150 Å². The molecule has 1 fully saturated rings. The highest BCUT2D eigenvalue weighted by Crippen LogP contribution is 2.31. The van der Waals surface area contributed by atoms with E-state index in [2.05, 4.69) is 10.6 Å². The van der Waals surface area contributed by atoms with Crippen molar-refractivity contribution in [2.75, 3.05) is 34.9 Å². The number of aliphatic carboxylic acids is 1. The predicted octanol–water partition coefficient (Wildman–Crippen LogP) is 6.90. The monoisotopic (exact) mass is 1100 g/mol. The molecule has 19 heteroatoms. The summed E-state index contributed by atoms with van der Waals surface area (Å²) >= 11 is 0. The molecule has 2 aromatic rings. The molecule has 19 nitrogen and oxygen atoms in total. The molecule has 1 aliphatic heterocycles. The molecule has 1 unspecified atom stereocenters. The van der Waals surface area contributed by atoms with E-state index in [0.29, 0.717) is 51.5 Å². The van der Waals surface area contributed by atoms with Crippen molar-refractivity contribution in [1.29, 1.82) is 0 Å². The third-order valence-electron chi connectivity index (χ3n) is 15.6. The van der Waals surface area contributed by atoms with E-state index in [4.69, 9.17) is 19.9 Å². The van der Waals surface area contributed by atoms with Crippen LogP contribution in [0.5, 0.6) is 0 Å². The first-order valence-corrected chi connectivity index (χ1v) is 28.2. The van der Waals surface area contributed by atoms with E-state index in [1.165, 1.54) is 19.1 Å². The zero-order valence-corrected chi connectivity index (χ0v) is 48.8. The third kappa shape index (κ3) is 21.1. The number of rotatable bonds is 36. The molecule has 1 saturated heterocycles. The highest BCUT2D eigenvalue weighted by atomic mass is 16.5. The molecule has 0 spiro atoms. The van der Waals surface area contributed by atoms with Crippen LogP contribution < -0.4 is 16.4 Å². The lowest BCUT2D eigenvalue weighted by molar-refractivity contribution is -0.150. The summed E-state index contributed by atoms with van der Waals surface area (Å²) in [6.07, 6.45) is 2.03. The van der Waals surface area contributed by atoms with Crippen molar-refractivity contribution in [3.8, 4) is 0 Å². The van der Waals surface area contributed by atoms with Crippen molar-refractivity contribution in [3.63, 3.8) is 0 Å². The maximum atomic E-state index is 14.8. The summed E-state index contributed by atoms with van der Waals surface area (Å²) in [4.78, 5) is 125. The lowest BCUT2D eigenvalue weighted by Gasteiger charge is -2.41. The van der Waals surface area contributed by atoms with E-state index in [0.717, 1.165) is 11.1 Å². The molecule has 79 heavy (non-hydrogen) atoms. The van der Waals surface area contributed by atoms with Gasteiger partial charge in [-0.15, -0.1) is 0 Å². The zero-order valence-electron chi connectivity index (χ0n) is 48.8. The Morgan fingerprint density at radius 1 is 0.734 bits per heavy atom. The number of primary amides is 1. The molecule has 440 valence electrons. The first kappa shape index (κ1) is 67.1. The lowest BCUT2D eigenvalue weighted by atomic mass is 9.83. The average molecular weight is 1110 g/mol. The van der Waals surface area contributed by atoms with Gasteiger partial charge in [-0.25, -0.2) is 9.59 Å². The molecule has 0 saturated carbocycles. The number of unbranched alkanes of at least 4 members (excludes halogenated alkanes) is 3. The van der Waals surface area contributed by atoms with Crippen LogP contribution in [0, 0.1) is 29.6 Å².